The first-order valence-corrected chi connectivity index (χ1v) is 10.8. The normalized spacial score (nSPS) is 14.7. The molecule has 2 N–H and O–H groups in total. The fraction of sp³-hybridized carbons (Fsp3) is 0.348. The van der Waals surface area contributed by atoms with Crippen molar-refractivity contribution >= 4 is 34.7 Å². The molecule has 4 rings (SSSR count). The maximum atomic E-state index is 12.7. The molecule has 2 aromatic carbocycles. The van der Waals surface area contributed by atoms with E-state index in [0.29, 0.717) is 15.7 Å². The Bertz CT molecular complexity index is 1160. The van der Waals surface area contributed by atoms with Crippen molar-refractivity contribution in [1.29, 1.82) is 0 Å². The summed E-state index contributed by atoms with van der Waals surface area (Å²) in [5.74, 6) is -0.139. The molecule has 30 heavy (non-hydrogen) atoms. The zero-order valence-corrected chi connectivity index (χ0v) is 17.7. The quantitative estimate of drug-likeness (QED) is 0.588. The summed E-state index contributed by atoms with van der Waals surface area (Å²) in [5, 5.41) is 3.52. The molecule has 2 heterocycles. The number of likely N-dealkylation sites (tertiary alicyclic amines) is 1. The number of carbonyl (C=O) groups is 1. The third-order valence-electron chi connectivity index (χ3n) is 5.52. The van der Waals surface area contributed by atoms with E-state index in [1.807, 2.05) is 36.4 Å². The van der Waals surface area contributed by atoms with Gasteiger partial charge in [-0.15, -0.1) is 0 Å². The number of aromatic amines is 1. The molecule has 1 aliphatic heterocycles. The molecule has 0 radical (unpaired) electrons. The van der Waals surface area contributed by atoms with Crippen LogP contribution in [0.25, 0.3) is 10.9 Å². The number of aromatic nitrogens is 2. The number of anilines is 1. The van der Waals surface area contributed by atoms with Crippen molar-refractivity contribution in [3.63, 3.8) is 0 Å². The Morgan fingerprint density at radius 3 is 2.70 bits per heavy atom. The van der Waals surface area contributed by atoms with Gasteiger partial charge in [-0.2, -0.15) is 0 Å². The summed E-state index contributed by atoms with van der Waals surface area (Å²) in [6, 6.07) is 15.2. The number of fused-ring (bicyclic) bond motifs is 1. The number of hydrogen-bond donors (Lipinski definition) is 2. The van der Waals surface area contributed by atoms with Gasteiger partial charge in [-0.3, -0.25) is 19.1 Å². The van der Waals surface area contributed by atoms with Gasteiger partial charge in [0.2, 0.25) is 5.91 Å². The van der Waals surface area contributed by atoms with Gasteiger partial charge < -0.3 is 10.3 Å². The topological polar surface area (TPSA) is 70.1 Å². The number of rotatable bonds is 6. The van der Waals surface area contributed by atoms with Crippen LogP contribution in [0.3, 0.4) is 0 Å². The van der Waals surface area contributed by atoms with E-state index in [1.165, 1.54) is 29.4 Å². The Morgan fingerprint density at radius 1 is 1.07 bits per heavy atom. The average molecular weight is 423 g/mol. The predicted octanol–water partition coefficient (Wildman–Crippen LogP) is 4.07. The molecule has 0 bridgehead atoms. The zero-order chi connectivity index (χ0) is 20.9. The van der Waals surface area contributed by atoms with Gasteiger partial charge in [-0.25, -0.2) is 0 Å². The molecular formula is C23H26N4O2S. The number of amides is 1. The third kappa shape index (κ3) is 4.86. The molecule has 0 atom stereocenters. The molecule has 1 saturated heterocycles. The number of carbonyl (C=O) groups excluding carboxylic acids is 1. The molecule has 6 nitrogen and oxygen atoms in total. The minimum absolute atomic E-state index is 0.139. The monoisotopic (exact) mass is 422 g/mol. The highest BCUT2D eigenvalue weighted by atomic mass is 32.1. The largest absolute Gasteiger partial charge is 0.332 e. The molecule has 0 spiro atoms. The summed E-state index contributed by atoms with van der Waals surface area (Å²) in [6.45, 7) is 3.42. The second-order valence-corrected chi connectivity index (χ2v) is 8.15. The van der Waals surface area contributed by atoms with E-state index in [-0.39, 0.29) is 24.4 Å². The number of para-hydroxylation sites is 1. The van der Waals surface area contributed by atoms with E-state index in [1.54, 1.807) is 6.07 Å². The van der Waals surface area contributed by atoms with Gasteiger partial charge in [0.05, 0.1) is 10.9 Å². The van der Waals surface area contributed by atoms with Crippen molar-refractivity contribution in [2.75, 3.05) is 18.4 Å². The van der Waals surface area contributed by atoms with Crippen LogP contribution in [0.15, 0.2) is 53.3 Å². The Morgan fingerprint density at radius 2 is 1.87 bits per heavy atom. The molecule has 0 aliphatic carbocycles. The highest BCUT2D eigenvalue weighted by Gasteiger charge is 2.12. The van der Waals surface area contributed by atoms with Crippen LogP contribution in [0.4, 0.5) is 5.69 Å². The van der Waals surface area contributed by atoms with Gasteiger partial charge in [0.15, 0.2) is 4.77 Å². The summed E-state index contributed by atoms with van der Waals surface area (Å²) in [4.78, 5) is 30.7. The van der Waals surface area contributed by atoms with Crippen LogP contribution in [0.5, 0.6) is 0 Å². The number of nitrogens with zero attached hydrogens (tertiary/aromatic N) is 2. The van der Waals surface area contributed by atoms with Crippen molar-refractivity contribution in [2.45, 2.75) is 38.8 Å². The van der Waals surface area contributed by atoms with Crippen LogP contribution in [-0.2, 0) is 17.9 Å². The van der Waals surface area contributed by atoms with Crippen molar-refractivity contribution in [3.05, 3.63) is 69.2 Å². The predicted molar refractivity (Wildman–Crippen MR) is 122 cm³/mol. The smallest absolute Gasteiger partial charge is 0.262 e. The molecule has 1 amide bonds. The molecular weight excluding hydrogens is 396 g/mol. The van der Waals surface area contributed by atoms with Gasteiger partial charge in [0.1, 0.15) is 0 Å². The number of benzene rings is 2. The zero-order valence-electron chi connectivity index (χ0n) is 16.9. The van der Waals surface area contributed by atoms with E-state index in [9.17, 15) is 9.59 Å². The van der Waals surface area contributed by atoms with Crippen molar-refractivity contribution in [2.24, 2.45) is 0 Å². The molecule has 3 aromatic rings. The van der Waals surface area contributed by atoms with Crippen LogP contribution in [-0.4, -0.2) is 33.4 Å². The summed E-state index contributed by atoms with van der Waals surface area (Å²) in [6.07, 6.45) is 4.00. The molecule has 0 unspecified atom stereocenters. The lowest BCUT2D eigenvalue weighted by molar-refractivity contribution is -0.116. The van der Waals surface area contributed by atoms with Crippen LogP contribution in [0, 0.1) is 4.77 Å². The first-order valence-electron chi connectivity index (χ1n) is 10.4. The fourth-order valence-corrected chi connectivity index (χ4v) is 4.25. The second kappa shape index (κ2) is 9.36. The Balaban J connectivity index is 1.40. The summed E-state index contributed by atoms with van der Waals surface area (Å²) in [5.41, 5.74) is 2.51. The first kappa shape index (κ1) is 20.5. The summed E-state index contributed by atoms with van der Waals surface area (Å²) in [7, 11) is 0. The highest BCUT2D eigenvalue weighted by Crippen LogP contribution is 2.16. The molecule has 1 fully saturated rings. The lowest BCUT2D eigenvalue weighted by atomic mass is 10.1. The minimum Gasteiger partial charge on any atom is -0.332 e. The Hall–Kier alpha value is -2.77. The molecule has 156 valence electrons. The third-order valence-corrected chi connectivity index (χ3v) is 5.84. The first-order chi connectivity index (χ1) is 14.6. The number of nitrogens with one attached hydrogen (secondary N) is 2. The standard InChI is InChI=1S/C23H26N4O2S/c28-21(11-14-27-22(29)19-9-2-3-10-20(19)25-23(27)30)24-18-8-6-7-17(15-18)16-26-12-4-1-5-13-26/h2-3,6-10,15H,1,4-5,11-14,16H2,(H,24,28)(H,25,30). The Labute approximate surface area is 180 Å². The Kier molecular flexibility index (Phi) is 6.40. The van der Waals surface area contributed by atoms with E-state index >= 15 is 0 Å². The molecule has 0 saturated carbocycles. The lowest BCUT2D eigenvalue weighted by Gasteiger charge is -2.26. The van der Waals surface area contributed by atoms with E-state index in [4.69, 9.17) is 12.2 Å². The van der Waals surface area contributed by atoms with Crippen LogP contribution >= 0.6 is 12.2 Å². The van der Waals surface area contributed by atoms with E-state index < -0.39 is 0 Å². The summed E-state index contributed by atoms with van der Waals surface area (Å²) < 4.78 is 1.78. The molecule has 1 aliphatic rings. The summed E-state index contributed by atoms with van der Waals surface area (Å²) >= 11 is 5.31. The molecule has 1 aromatic heterocycles. The van der Waals surface area contributed by atoms with Gasteiger partial charge in [-0.05, 0) is 68.0 Å². The SMILES string of the molecule is O=C(CCn1c(=S)[nH]c2ccccc2c1=O)Nc1cccc(CN2CCCCC2)c1. The molecule has 7 heteroatoms. The maximum absolute atomic E-state index is 12.7. The fourth-order valence-electron chi connectivity index (χ4n) is 3.96. The van der Waals surface area contributed by atoms with E-state index in [2.05, 4.69) is 21.3 Å². The van der Waals surface area contributed by atoms with Gasteiger partial charge in [0.25, 0.3) is 5.56 Å². The minimum atomic E-state index is -0.175. The van der Waals surface area contributed by atoms with Crippen molar-refractivity contribution in [1.82, 2.24) is 14.5 Å². The number of hydrogen-bond acceptors (Lipinski definition) is 4. The average Bonchev–Trinajstić information content (AvgIpc) is 2.74. The highest BCUT2D eigenvalue weighted by molar-refractivity contribution is 7.71. The maximum Gasteiger partial charge on any atom is 0.262 e. The van der Waals surface area contributed by atoms with Crippen LogP contribution in [0.2, 0.25) is 0 Å². The number of piperidine rings is 1. The van der Waals surface area contributed by atoms with E-state index in [0.717, 1.165) is 25.3 Å². The van der Waals surface area contributed by atoms with Crippen molar-refractivity contribution in [3.8, 4) is 0 Å². The van der Waals surface area contributed by atoms with Crippen LogP contribution in [0.1, 0.15) is 31.2 Å². The lowest BCUT2D eigenvalue weighted by Crippen LogP contribution is -2.29. The van der Waals surface area contributed by atoms with Gasteiger partial charge in [0, 0.05) is 25.2 Å². The van der Waals surface area contributed by atoms with Gasteiger partial charge >= 0.3 is 0 Å². The number of H-pyrrole nitrogens is 1. The van der Waals surface area contributed by atoms with Crippen LogP contribution < -0.4 is 10.9 Å². The second-order valence-electron chi connectivity index (χ2n) is 7.77. The van der Waals surface area contributed by atoms with Crippen molar-refractivity contribution < 1.29 is 4.79 Å². The van der Waals surface area contributed by atoms with Gasteiger partial charge in [-0.1, -0.05) is 30.7 Å².